The van der Waals surface area contributed by atoms with Gasteiger partial charge in [-0.15, -0.1) is 0 Å². The van der Waals surface area contributed by atoms with E-state index in [1.165, 1.54) is 12.1 Å². The summed E-state index contributed by atoms with van der Waals surface area (Å²) in [4.78, 5) is 0. The molecule has 10 heteroatoms. The molecule has 26 heavy (non-hydrogen) atoms. The molecule has 142 valence electrons. The van der Waals surface area contributed by atoms with E-state index in [-0.39, 0.29) is 22.6 Å². The van der Waals surface area contributed by atoms with Crippen LogP contribution in [0, 0.1) is 0 Å². The smallest absolute Gasteiger partial charge is 0.398 e. The van der Waals surface area contributed by atoms with Crippen molar-refractivity contribution in [2.45, 2.75) is 23.9 Å². The maximum Gasteiger partial charge on any atom is 0.418 e. The Labute approximate surface area is 147 Å². The zero-order valence-corrected chi connectivity index (χ0v) is 13.9. The Hall–Kier alpha value is -2.23. The first kappa shape index (κ1) is 20.1. The third kappa shape index (κ3) is 4.48. The van der Waals surface area contributed by atoms with Crippen LogP contribution in [0.1, 0.15) is 22.3 Å². The standard InChI is InChI=1S/C16H14F6N2OS/c17-15(18,19)11-5-1-3-9(13(11)23)7-26(25)8-10-4-2-6-12(14(10)24)16(20,21)22/h1-6H,7-8,23-24H2. The molecule has 0 unspecified atom stereocenters. The van der Waals surface area contributed by atoms with Crippen LogP contribution in [0.5, 0.6) is 0 Å². The van der Waals surface area contributed by atoms with Gasteiger partial charge in [0.1, 0.15) is 0 Å². The van der Waals surface area contributed by atoms with Gasteiger partial charge in [-0.25, -0.2) is 0 Å². The molecule has 0 fully saturated rings. The molecule has 0 radical (unpaired) electrons. The van der Waals surface area contributed by atoms with Crippen molar-refractivity contribution in [1.29, 1.82) is 0 Å². The number of nitrogen functional groups attached to an aromatic ring is 2. The lowest BCUT2D eigenvalue weighted by Gasteiger charge is -2.15. The molecular formula is C16H14F6N2OS. The van der Waals surface area contributed by atoms with Gasteiger partial charge >= 0.3 is 12.4 Å². The first-order valence-corrected chi connectivity index (χ1v) is 8.64. The minimum Gasteiger partial charge on any atom is -0.398 e. The normalized spacial score (nSPS) is 12.6. The van der Waals surface area contributed by atoms with Crippen molar-refractivity contribution in [3.05, 3.63) is 58.7 Å². The third-order valence-electron chi connectivity index (χ3n) is 3.64. The van der Waals surface area contributed by atoms with Crippen LogP contribution in [0.15, 0.2) is 36.4 Å². The molecule has 0 aliphatic heterocycles. The summed E-state index contributed by atoms with van der Waals surface area (Å²) < 4.78 is 89.3. The molecule has 3 nitrogen and oxygen atoms in total. The van der Waals surface area contributed by atoms with Crippen LogP contribution in [-0.2, 0) is 34.7 Å². The van der Waals surface area contributed by atoms with Crippen molar-refractivity contribution in [1.82, 2.24) is 0 Å². The molecule has 0 saturated carbocycles. The zero-order valence-electron chi connectivity index (χ0n) is 13.1. The minimum atomic E-state index is -4.66. The highest BCUT2D eigenvalue weighted by Gasteiger charge is 2.34. The number of para-hydroxylation sites is 2. The van der Waals surface area contributed by atoms with Gasteiger partial charge in [-0.3, -0.25) is 4.21 Å². The van der Waals surface area contributed by atoms with E-state index in [1.54, 1.807) is 0 Å². The Balaban J connectivity index is 2.24. The summed E-state index contributed by atoms with van der Waals surface area (Å²) in [5.74, 6) is -0.684. The van der Waals surface area contributed by atoms with E-state index in [4.69, 9.17) is 11.5 Å². The summed E-state index contributed by atoms with van der Waals surface area (Å²) in [5.41, 5.74) is 7.79. The van der Waals surface area contributed by atoms with Crippen LogP contribution >= 0.6 is 0 Å². The van der Waals surface area contributed by atoms with Gasteiger partial charge in [-0.2, -0.15) is 26.3 Å². The van der Waals surface area contributed by atoms with E-state index in [2.05, 4.69) is 0 Å². The van der Waals surface area contributed by atoms with Gasteiger partial charge in [-0.05, 0) is 23.3 Å². The lowest BCUT2D eigenvalue weighted by molar-refractivity contribution is -0.137. The number of hydrogen-bond acceptors (Lipinski definition) is 3. The Kier molecular flexibility index (Phi) is 5.55. The number of rotatable bonds is 4. The van der Waals surface area contributed by atoms with Crippen LogP contribution in [0.2, 0.25) is 0 Å². The number of hydrogen-bond donors (Lipinski definition) is 2. The summed E-state index contributed by atoms with van der Waals surface area (Å²) in [5, 5.41) is 0. The number of halogens is 6. The van der Waals surface area contributed by atoms with E-state index in [9.17, 15) is 30.6 Å². The fourth-order valence-electron chi connectivity index (χ4n) is 2.37. The molecule has 0 aromatic heterocycles. The van der Waals surface area contributed by atoms with Crippen LogP contribution < -0.4 is 11.5 Å². The molecular weight excluding hydrogens is 382 g/mol. The van der Waals surface area contributed by atoms with Gasteiger partial charge in [0.15, 0.2) is 0 Å². The van der Waals surface area contributed by atoms with E-state index >= 15 is 0 Å². The molecule has 0 atom stereocenters. The Morgan fingerprint density at radius 1 is 0.731 bits per heavy atom. The second-order valence-corrected chi connectivity index (χ2v) is 6.94. The van der Waals surface area contributed by atoms with E-state index in [0.717, 1.165) is 24.3 Å². The van der Waals surface area contributed by atoms with Crippen LogP contribution in [0.4, 0.5) is 37.7 Å². The first-order valence-electron chi connectivity index (χ1n) is 7.15. The van der Waals surface area contributed by atoms with Crippen molar-refractivity contribution in [3.8, 4) is 0 Å². The average molecular weight is 396 g/mol. The van der Waals surface area contributed by atoms with Crippen molar-refractivity contribution in [3.63, 3.8) is 0 Å². The molecule has 2 aromatic rings. The molecule has 2 rings (SSSR count). The van der Waals surface area contributed by atoms with Crippen LogP contribution in [-0.4, -0.2) is 4.21 Å². The summed E-state index contributed by atoms with van der Waals surface area (Å²) in [6.45, 7) is 0. The van der Waals surface area contributed by atoms with Gasteiger partial charge in [0.25, 0.3) is 0 Å². The molecule has 0 spiro atoms. The van der Waals surface area contributed by atoms with Crippen LogP contribution in [0.25, 0.3) is 0 Å². The topological polar surface area (TPSA) is 69.1 Å². The fraction of sp³-hybridized carbons (Fsp3) is 0.250. The largest absolute Gasteiger partial charge is 0.418 e. The lowest BCUT2D eigenvalue weighted by Crippen LogP contribution is -2.13. The van der Waals surface area contributed by atoms with Gasteiger partial charge in [0, 0.05) is 22.2 Å². The SMILES string of the molecule is Nc1c(CS(=O)Cc2cccc(C(F)(F)F)c2N)cccc1C(F)(F)F. The second-order valence-electron chi connectivity index (χ2n) is 5.48. The highest BCUT2D eigenvalue weighted by Crippen LogP contribution is 2.37. The third-order valence-corrected chi connectivity index (χ3v) is 4.90. The van der Waals surface area contributed by atoms with Gasteiger partial charge in [-0.1, -0.05) is 24.3 Å². The lowest BCUT2D eigenvalue weighted by atomic mass is 10.1. The van der Waals surface area contributed by atoms with Gasteiger partial charge in [0.2, 0.25) is 0 Å². The van der Waals surface area contributed by atoms with Crippen LogP contribution in [0.3, 0.4) is 0 Å². The molecule has 4 N–H and O–H groups in total. The molecule has 0 bridgehead atoms. The molecule has 0 amide bonds. The number of benzene rings is 2. The zero-order chi connectivity index (χ0) is 19.7. The van der Waals surface area contributed by atoms with E-state index < -0.39 is 45.7 Å². The fourth-order valence-corrected chi connectivity index (χ4v) is 3.67. The maximum absolute atomic E-state index is 12.8. The summed E-state index contributed by atoms with van der Waals surface area (Å²) in [6.07, 6.45) is -9.32. The second kappa shape index (κ2) is 7.18. The molecule has 0 aliphatic carbocycles. The molecule has 0 heterocycles. The first-order chi connectivity index (χ1) is 11.9. The quantitative estimate of drug-likeness (QED) is 0.597. The summed E-state index contributed by atoms with van der Waals surface area (Å²) in [6, 6.07) is 6.43. The highest BCUT2D eigenvalue weighted by atomic mass is 32.2. The van der Waals surface area contributed by atoms with Gasteiger partial charge < -0.3 is 11.5 Å². The van der Waals surface area contributed by atoms with E-state index in [0.29, 0.717) is 0 Å². The average Bonchev–Trinajstić information content (AvgIpc) is 2.49. The van der Waals surface area contributed by atoms with Gasteiger partial charge in [0.05, 0.1) is 22.6 Å². The predicted octanol–water partition coefficient (Wildman–Crippen LogP) is 4.34. The summed E-state index contributed by atoms with van der Waals surface area (Å²) >= 11 is 0. The Morgan fingerprint density at radius 2 is 1.08 bits per heavy atom. The Morgan fingerprint density at radius 3 is 1.38 bits per heavy atom. The number of anilines is 2. The monoisotopic (exact) mass is 396 g/mol. The highest BCUT2D eigenvalue weighted by molar-refractivity contribution is 7.83. The number of alkyl halides is 6. The Bertz CT molecular complexity index is 765. The molecule has 2 aromatic carbocycles. The summed E-state index contributed by atoms with van der Waals surface area (Å²) in [7, 11) is -1.81. The van der Waals surface area contributed by atoms with Crippen molar-refractivity contribution >= 4 is 22.2 Å². The van der Waals surface area contributed by atoms with Crippen molar-refractivity contribution < 1.29 is 30.6 Å². The van der Waals surface area contributed by atoms with E-state index in [1.807, 2.05) is 0 Å². The molecule has 0 saturated heterocycles. The minimum absolute atomic E-state index is 0.00343. The number of nitrogens with two attached hydrogens (primary N) is 2. The predicted molar refractivity (Wildman–Crippen MR) is 87.3 cm³/mol. The van der Waals surface area contributed by atoms with Crippen molar-refractivity contribution in [2.75, 3.05) is 11.5 Å². The molecule has 0 aliphatic rings. The van der Waals surface area contributed by atoms with Crippen molar-refractivity contribution in [2.24, 2.45) is 0 Å². The maximum atomic E-state index is 12.8.